The van der Waals surface area contributed by atoms with E-state index in [1.165, 1.54) is 12.0 Å². The molecule has 1 aliphatic heterocycles. The molecule has 0 unspecified atom stereocenters. The lowest BCUT2D eigenvalue weighted by atomic mass is 9.95. The number of nitrogens with one attached hydrogen (secondary N) is 2. The first-order valence-electron chi connectivity index (χ1n) is 9.09. The fourth-order valence-corrected chi connectivity index (χ4v) is 3.36. The highest BCUT2D eigenvalue weighted by Gasteiger charge is 2.25. The third kappa shape index (κ3) is 5.46. The standard InChI is InChI=1S/C20H25N3O3/c24-19(22-20(25)21-14-18-10-6-12-26-18)15-23-11-5-4-9-17(23)13-16-7-2-1-3-8-16/h1-3,6-8,10,12,17H,4-5,9,11,13-15H2,(H2,21,22,24,25)/t17-/m1/s1. The van der Waals surface area contributed by atoms with E-state index < -0.39 is 6.03 Å². The van der Waals surface area contributed by atoms with Gasteiger partial charge in [0.25, 0.3) is 0 Å². The summed E-state index contributed by atoms with van der Waals surface area (Å²) < 4.78 is 5.15. The van der Waals surface area contributed by atoms with Crippen LogP contribution in [0.2, 0.25) is 0 Å². The minimum atomic E-state index is -0.497. The Morgan fingerprint density at radius 3 is 2.73 bits per heavy atom. The SMILES string of the molecule is O=C(CN1CCCC[C@@H]1Cc1ccccc1)NC(=O)NCc1ccco1. The molecule has 3 amide bonds. The number of furan rings is 1. The summed E-state index contributed by atoms with van der Waals surface area (Å²) in [5.74, 6) is 0.369. The van der Waals surface area contributed by atoms with Gasteiger partial charge in [0.1, 0.15) is 5.76 Å². The van der Waals surface area contributed by atoms with E-state index in [4.69, 9.17) is 4.42 Å². The Morgan fingerprint density at radius 1 is 1.12 bits per heavy atom. The summed E-state index contributed by atoms with van der Waals surface area (Å²) in [4.78, 5) is 26.3. The van der Waals surface area contributed by atoms with Gasteiger partial charge in [0.2, 0.25) is 5.91 Å². The van der Waals surface area contributed by atoms with Crippen LogP contribution in [0.3, 0.4) is 0 Å². The van der Waals surface area contributed by atoms with Gasteiger partial charge in [0.15, 0.2) is 0 Å². The average molecular weight is 355 g/mol. The number of benzene rings is 1. The Balaban J connectivity index is 1.47. The van der Waals surface area contributed by atoms with Crippen LogP contribution in [0.25, 0.3) is 0 Å². The quantitative estimate of drug-likeness (QED) is 0.835. The normalized spacial score (nSPS) is 17.6. The number of amides is 3. The van der Waals surface area contributed by atoms with E-state index in [1.54, 1.807) is 18.4 Å². The second-order valence-corrected chi connectivity index (χ2v) is 6.62. The number of hydrogen-bond donors (Lipinski definition) is 2. The molecule has 0 bridgehead atoms. The van der Waals surface area contributed by atoms with Crippen molar-refractivity contribution in [2.24, 2.45) is 0 Å². The zero-order valence-corrected chi connectivity index (χ0v) is 14.8. The highest BCUT2D eigenvalue weighted by atomic mass is 16.3. The number of hydrogen-bond acceptors (Lipinski definition) is 4. The second kappa shape index (κ2) is 9.20. The topological polar surface area (TPSA) is 74.6 Å². The largest absolute Gasteiger partial charge is 0.467 e. The Kier molecular flexibility index (Phi) is 6.44. The van der Waals surface area contributed by atoms with E-state index in [-0.39, 0.29) is 19.0 Å². The number of likely N-dealkylation sites (tertiary alicyclic amines) is 1. The number of nitrogens with zero attached hydrogens (tertiary/aromatic N) is 1. The van der Waals surface area contributed by atoms with Gasteiger partial charge in [-0.2, -0.15) is 0 Å². The van der Waals surface area contributed by atoms with Crippen molar-refractivity contribution in [1.82, 2.24) is 15.5 Å². The number of rotatable bonds is 6. The summed E-state index contributed by atoms with van der Waals surface area (Å²) in [6.45, 7) is 1.39. The zero-order chi connectivity index (χ0) is 18.2. The number of carbonyl (C=O) groups is 2. The maximum Gasteiger partial charge on any atom is 0.321 e. The minimum Gasteiger partial charge on any atom is -0.467 e. The zero-order valence-electron chi connectivity index (χ0n) is 14.8. The number of carbonyl (C=O) groups excluding carboxylic acids is 2. The van der Waals surface area contributed by atoms with Crippen LogP contribution >= 0.6 is 0 Å². The van der Waals surface area contributed by atoms with Crippen LogP contribution in [0.15, 0.2) is 53.1 Å². The van der Waals surface area contributed by atoms with Crippen molar-refractivity contribution < 1.29 is 14.0 Å². The van der Waals surface area contributed by atoms with E-state index >= 15 is 0 Å². The molecule has 6 nitrogen and oxygen atoms in total. The molecule has 2 aromatic rings. The summed E-state index contributed by atoms with van der Waals surface area (Å²) in [5.41, 5.74) is 1.28. The second-order valence-electron chi connectivity index (χ2n) is 6.62. The molecule has 138 valence electrons. The van der Waals surface area contributed by atoms with Crippen molar-refractivity contribution in [1.29, 1.82) is 0 Å². The van der Waals surface area contributed by atoms with Gasteiger partial charge in [-0.15, -0.1) is 0 Å². The smallest absolute Gasteiger partial charge is 0.321 e. The van der Waals surface area contributed by atoms with E-state index in [2.05, 4.69) is 27.7 Å². The lowest BCUT2D eigenvalue weighted by Crippen LogP contribution is -2.49. The summed E-state index contributed by atoms with van der Waals surface area (Å²) >= 11 is 0. The maximum absolute atomic E-state index is 12.2. The molecule has 1 fully saturated rings. The molecule has 1 aliphatic rings. The van der Waals surface area contributed by atoms with Crippen LogP contribution in [0.5, 0.6) is 0 Å². The molecule has 6 heteroatoms. The van der Waals surface area contributed by atoms with Gasteiger partial charge >= 0.3 is 6.03 Å². The summed E-state index contributed by atoms with van der Waals surface area (Å²) in [5, 5.41) is 5.02. The fraction of sp³-hybridized carbons (Fsp3) is 0.400. The molecular formula is C20H25N3O3. The van der Waals surface area contributed by atoms with Gasteiger partial charge in [-0.1, -0.05) is 36.8 Å². The van der Waals surface area contributed by atoms with E-state index in [0.717, 1.165) is 25.8 Å². The Hall–Kier alpha value is -2.60. The van der Waals surface area contributed by atoms with Crippen molar-refractivity contribution >= 4 is 11.9 Å². The summed E-state index contributed by atoms with van der Waals surface area (Å²) in [7, 11) is 0. The lowest BCUT2D eigenvalue weighted by molar-refractivity contribution is -0.122. The van der Waals surface area contributed by atoms with Crippen molar-refractivity contribution in [3.63, 3.8) is 0 Å². The molecule has 1 saturated heterocycles. The van der Waals surface area contributed by atoms with E-state index in [0.29, 0.717) is 11.8 Å². The van der Waals surface area contributed by atoms with Crippen molar-refractivity contribution in [3.8, 4) is 0 Å². The average Bonchev–Trinajstić information content (AvgIpc) is 3.16. The molecule has 2 heterocycles. The van der Waals surface area contributed by atoms with Gasteiger partial charge in [-0.25, -0.2) is 4.79 Å². The highest BCUT2D eigenvalue weighted by molar-refractivity contribution is 5.95. The molecule has 1 aromatic carbocycles. The third-order valence-electron chi connectivity index (χ3n) is 4.67. The predicted octanol–water partition coefficient (Wildman–Crippen LogP) is 2.70. The first-order valence-corrected chi connectivity index (χ1v) is 9.09. The van der Waals surface area contributed by atoms with Crippen LogP contribution in [0, 0.1) is 0 Å². The molecule has 1 aromatic heterocycles. The highest BCUT2D eigenvalue weighted by Crippen LogP contribution is 2.20. The first-order chi connectivity index (χ1) is 12.7. The van der Waals surface area contributed by atoms with Gasteiger partial charge in [0, 0.05) is 6.04 Å². The molecule has 0 spiro atoms. The summed E-state index contributed by atoms with van der Waals surface area (Å²) in [6.07, 6.45) is 5.82. The lowest BCUT2D eigenvalue weighted by Gasteiger charge is -2.35. The van der Waals surface area contributed by atoms with Gasteiger partial charge < -0.3 is 9.73 Å². The number of piperidine rings is 1. The van der Waals surface area contributed by atoms with Gasteiger partial charge in [-0.3, -0.25) is 15.0 Å². The van der Waals surface area contributed by atoms with Crippen LogP contribution in [-0.2, 0) is 17.8 Å². The molecule has 0 saturated carbocycles. The first kappa shape index (κ1) is 18.2. The maximum atomic E-state index is 12.2. The molecule has 3 rings (SSSR count). The summed E-state index contributed by atoms with van der Waals surface area (Å²) in [6, 6.07) is 13.7. The van der Waals surface area contributed by atoms with Crippen molar-refractivity contribution in [2.45, 2.75) is 38.3 Å². The fourth-order valence-electron chi connectivity index (χ4n) is 3.36. The number of urea groups is 1. The Labute approximate surface area is 153 Å². The molecule has 0 aliphatic carbocycles. The van der Waals surface area contributed by atoms with Crippen LogP contribution < -0.4 is 10.6 Å². The van der Waals surface area contributed by atoms with Gasteiger partial charge in [-0.05, 0) is 43.5 Å². The van der Waals surface area contributed by atoms with Crippen LogP contribution in [0.1, 0.15) is 30.6 Å². The molecule has 0 radical (unpaired) electrons. The predicted molar refractivity (Wildman–Crippen MR) is 98.4 cm³/mol. The minimum absolute atomic E-state index is 0.242. The van der Waals surface area contributed by atoms with E-state index in [1.807, 2.05) is 18.2 Å². The Bertz CT molecular complexity index is 700. The Morgan fingerprint density at radius 2 is 1.96 bits per heavy atom. The van der Waals surface area contributed by atoms with Crippen LogP contribution in [-0.4, -0.2) is 36.0 Å². The van der Waals surface area contributed by atoms with Crippen molar-refractivity contribution in [2.75, 3.05) is 13.1 Å². The van der Waals surface area contributed by atoms with Crippen LogP contribution in [0.4, 0.5) is 4.79 Å². The van der Waals surface area contributed by atoms with Crippen molar-refractivity contribution in [3.05, 3.63) is 60.1 Å². The molecule has 26 heavy (non-hydrogen) atoms. The van der Waals surface area contributed by atoms with E-state index in [9.17, 15) is 9.59 Å². The number of imide groups is 1. The molecule has 2 N–H and O–H groups in total. The van der Waals surface area contributed by atoms with Gasteiger partial charge in [0.05, 0.1) is 19.4 Å². The molecular weight excluding hydrogens is 330 g/mol. The third-order valence-corrected chi connectivity index (χ3v) is 4.67. The monoisotopic (exact) mass is 355 g/mol. The molecule has 1 atom stereocenters.